The molecule has 21 heavy (non-hydrogen) atoms. The third-order valence-electron chi connectivity index (χ3n) is 3.22. The molecule has 1 aromatic rings. The Morgan fingerprint density at radius 1 is 0.952 bits per heavy atom. The number of unbranched alkanes of at least 4 members (excludes halogenated alkanes) is 3. The predicted octanol–water partition coefficient (Wildman–Crippen LogP) is 3.74. The number of amides is 2. The van der Waals surface area contributed by atoms with Crippen molar-refractivity contribution in [2.24, 2.45) is 0 Å². The van der Waals surface area contributed by atoms with Crippen molar-refractivity contribution in [1.82, 2.24) is 5.32 Å². The molecule has 0 saturated heterocycles. The first-order valence-electron chi connectivity index (χ1n) is 7.85. The van der Waals surface area contributed by atoms with Crippen molar-refractivity contribution >= 4 is 17.5 Å². The quantitative estimate of drug-likeness (QED) is 0.681. The highest BCUT2D eigenvalue weighted by Gasteiger charge is 2.05. The number of hydrogen-bond acceptors (Lipinski definition) is 2. The van der Waals surface area contributed by atoms with Gasteiger partial charge in [-0.15, -0.1) is 0 Å². The minimum Gasteiger partial charge on any atom is -0.352 e. The Hall–Kier alpha value is -1.84. The fraction of sp³-hybridized carbons (Fsp3) is 0.529. The van der Waals surface area contributed by atoms with Gasteiger partial charge in [0, 0.05) is 24.2 Å². The molecule has 116 valence electrons. The molecular formula is C17H26N2O2. The monoisotopic (exact) mass is 290 g/mol. The standard InChI is InChI=1S/C17H26N2O2/c1-3-5-6-7-13-18-17(21)14-9-11-15(12-10-14)19-16(20)8-4-2/h9-12H,3-8,13H2,1-2H3,(H,18,21)(H,19,20). The maximum atomic E-state index is 11.9. The maximum Gasteiger partial charge on any atom is 0.251 e. The molecule has 4 nitrogen and oxygen atoms in total. The fourth-order valence-electron chi connectivity index (χ4n) is 2.01. The van der Waals surface area contributed by atoms with Crippen molar-refractivity contribution < 1.29 is 9.59 Å². The van der Waals surface area contributed by atoms with Gasteiger partial charge < -0.3 is 10.6 Å². The summed E-state index contributed by atoms with van der Waals surface area (Å²) in [4.78, 5) is 23.4. The van der Waals surface area contributed by atoms with Crippen LogP contribution in [-0.4, -0.2) is 18.4 Å². The van der Waals surface area contributed by atoms with Crippen molar-refractivity contribution in [2.75, 3.05) is 11.9 Å². The minimum absolute atomic E-state index is 0.00521. The van der Waals surface area contributed by atoms with Crippen LogP contribution in [-0.2, 0) is 4.79 Å². The van der Waals surface area contributed by atoms with Gasteiger partial charge in [0.25, 0.3) is 5.91 Å². The Balaban J connectivity index is 2.38. The molecule has 0 aliphatic heterocycles. The molecule has 0 unspecified atom stereocenters. The topological polar surface area (TPSA) is 58.2 Å². The molecule has 0 heterocycles. The number of carbonyl (C=O) groups excluding carboxylic acids is 2. The summed E-state index contributed by atoms with van der Waals surface area (Å²) in [6.45, 7) is 4.85. The van der Waals surface area contributed by atoms with E-state index in [2.05, 4.69) is 17.6 Å². The predicted molar refractivity (Wildman–Crippen MR) is 86.5 cm³/mol. The van der Waals surface area contributed by atoms with Gasteiger partial charge in [0.1, 0.15) is 0 Å². The Morgan fingerprint density at radius 3 is 2.29 bits per heavy atom. The van der Waals surface area contributed by atoms with Gasteiger partial charge in [0.2, 0.25) is 5.91 Å². The zero-order valence-electron chi connectivity index (χ0n) is 13.1. The van der Waals surface area contributed by atoms with Gasteiger partial charge in [-0.2, -0.15) is 0 Å². The van der Waals surface area contributed by atoms with E-state index in [1.54, 1.807) is 24.3 Å². The van der Waals surface area contributed by atoms with Gasteiger partial charge in [0.15, 0.2) is 0 Å². The van der Waals surface area contributed by atoms with Crippen molar-refractivity contribution in [2.45, 2.75) is 52.4 Å². The number of hydrogen-bond donors (Lipinski definition) is 2. The summed E-state index contributed by atoms with van der Waals surface area (Å²) in [6, 6.07) is 7.00. The molecule has 0 saturated carbocycles. The van der Waals surface area contributed by atoms with Crippen molar-refractivity contribution in [3.05, 3.63) is 29.8 Å². The van der Waals surface area contributed by atoms with Gasteiger partial charge in [-0.3, -0.25) is 9.59 Å². The summed E-state index contributed by atoms with van der Waals surface area (Å²) >= 11 is 0. The second-order valence-corrected chi connectivity index (χ2v) is 5.19. The first kappa shape index (κ1) is 17.2. The second kappa shape index (κ2) is 9.97. The van der Waals surface area contributed by atoms with E-state index < -0.39 is 0 Å². The highest BCUT2D eigenvalue weighted by Crippen LogP contribution is 2.10. The molecular weight excluding hydrogens is 264 g/mol. The maximum absolute atomic E-state index is 11.9. The van der Waals surface area contributed by atoms with Crippen molar-refractivity contribution in [3.8, 4) is 0 Å². The first-order chi connectivity index (χ1) is 10.2. The molecule has 0 spiro atoms. The van der Waals surface area contributed by atoms with Crippen LogP contribution < -0.4 is 10.6 Å². The van der Waals surface area contributed by atoms with Crippen molar-refractivity contribution in [1.29, 1.82) is 0 Å². The number of nitrogens with one attached hydrogen (secondary N) is 2. The van der Waals surface area contributed by atoms with Crippen LogP contribution in [0.1, 0.15) is 62.7 Å². The second-order valence-electron chi connectivity index (χ2n) is 5.19. The zero-order valence-corrected chi connectivity index (χ0v) is 13.1. The fourth-order valence-corrected chi connectivity index (χ4v) is 2.01. The SMILES string of the molecule is CCCCCCNC(=O)c1ccc(NC(=O)CCC)cc1. The van der Waals surface area contributed by atoms with E-state index in [-0.39, 0.29) is 11.8 Å². The summed E-state index contributed by atoms with van der Waals surface area (Å²) in [5.74, 6) is -0.0523. The molecule has 0 aliphatic rings. The lowest BCUT2D eigenvalue weighted by Crippen LogP contribution is -2.24. The molecule has 2 N–H and O–H groups in total. The summed E-state index contributed by atoms with van der Waals surface area (Å²) in [5, 5.41) is 5.72. The average Bonchev–Trinajstić information content (AvgIpc) is 2.48. The highest BCUT2D eigenvalue weighted by atomic mass is 16.2. The van der Waals surface area contributed by atoms with Crippen LogP contribution in [0, 0.1) is 0 Å². The van der Waals surface area contributed by atoms with E-state index in [4.69, 9.17) is 0 Å². The summed E-state index contributed by atoms with van der Waals surface area (Å²) in [7, 11) is 0. The minimum atomic E-state index is -0.0575. The van der Waals surface area contributed by atoms with Crippen LogP contribution in [0.4, 0.5) is 5.69 Å². The van der Waals surface area contributed by atoms with Crippen LogP contribution in [0.5, 0.6) is 0 Å². The Morgan fingerprint density at radius 2 is 1.67 bits per heavy atom. The molecule has 2 amide bonds. The lowest BCUT2D eigenvalue weighted by Gasteiger charge is -2.07. The Kier molecular flexibility index (Phi) is 8.17. The van der Waals surface area contributed by atoms with Crippen LogP contribution >= 0.6 is 0 Å². The zero-order chi connectivity index (χ0) is 15.5. The third-order valence-corrected chi connectivity index (χ3v) is 3.22. The van der Waals surface area contributed by atoms with E-state index in [1.807, 2.05) is 6.92 Å². The number of anilines is 1. The van der Waals surface area contributed by atoms with E-state index in [9.17, 15) is 9.59 Å². The first-order valence-corrected chi connectivity index (χ1v) is 7.85. The van der Waals surface area contributed by atoms with E-state index in [0.29, 0.717) is 18.5 Å². The van der Waals surface area contributed by atoms with Crippen LogP contribution in [0.2, 0.25) is 0 Å². The van der Waals surface area contributed by atoms with Crippen LogP contribution in [0.15, 0.2) is 24.3 Å². The van der Waals surface area contributed by atoms with Gasteiger partial charge in [-0.25, -0.2) is 0 Å². The lowest BCUT2D eigenvalue weighted by atomic mass is 10.1. The number of rotatable bonds is 9. The van der Waals surface area contributed by atoms with Gasteiger partial charge in [0.05, 0.1) is 0 Å². The van der Waals surface area contributed by atoms with E-state index in [1.165, 1.54) is 12.8 Å². The molecule has 1 aromatic carbocycles. The average molecular weight is 290 g/mol. The third kappa shape index (κ3) is 6.93. The molecule has 0 atom stereocenters. The summed E-state index contributed by atoms with van der Waals surface area (Å²) < 4.78 is 0. The summed E-state index contributed by atoms with van der Waals surface area (Å²) in [5.41, 5.74) is 1.35. The smallest absolute Gasteiger partial charge is 0.251 e. The van der Waals surface area contributed by atoms with Gasteiger partial charge >= 0.3 is 0 Å². The van der Waals surface area contributed by atoms with Crippen LogP contribution in [0.3, 0.4) is 0 Å². The molecule has 1 rings (SSSR count). The van der Waals surface area contributed by atoms with E-state index >= 15 is 0 Å². The Labute approximate surface area is 127 Å². The molecule has 0 radical (unpaired) electrons. The van der Waals surface area contributed by atoms with Crippen molar-refractivity contribution in [3.63, 3.8) is 0 Å². The highest BCUT2D eigenvalue weighted by molar-refractivity contribution is 5.95. The Bertz CT molecular complexity index is 441. The molecule has 4 heteroatoms. The molecule has 0 bridgehead atoms. The lowest BCUT2D eigenvalue weighted by molar-refractivity contribution is -0.116. The normalized spacial score (nSPS) is 10.2. The largest absolute Gasteiger partial charge is 0.352 e. The molecule has 0 aromatic heterocycles. The number of carbonyl (C=O) groups is 2. The summed E-state index contributed by atoms with van der Waals surface area (Å²) in [6.07, 6.45) is 5.91. The van der Waals surface area contributed by atoms with Crippen LogP contribution in [0.25, 0.3) is 0 Å². The van der Waals surface area contributed by atoms with Gasteiger partial charge in [-0.05, 0) is 37.1 Å². The molecule has 0 fully saturated rings. The van der Waals surface area contributed by atoms with E-state index in [0.717, 1.165) is 24.9 Å². The molecule has 0 aliphatic carbocycles. The number of benzene rings is 1. The van der Waals surface area contributed by atoms with Gasteiger partial charge in [-0.1, -0.05) is 33.1 Å².